The topological polar surface area (TPSA) is 12.0 Å². The maximum Gasteiger partial charge on any atom is 0.0656 e. The molecule has 0 radical (unpaired) electrons. The van der Waals surface area contributed by atoms with Crippen LogP contribution in [0.1, 0.15) is 29.5 Å². The van der Waals surface area contributed by atoms with Gasteiger partial charge in [0.2, 0.25) is 0 Å². The molecule has 22 heavy (non-hydrogen) atoms. The third-order valence-corrected chi connectivity index (χ3v) is 5.74. The van der Waals surface area contributed by atoms with E-state index in [-0.39, 0.29) is 12.0 Å². The van der Waals surface area contributed by atoms with Gasteiger partial charge in [0.25, 0.3) is 0 Å². The number of anilines is 1. The van der Waals surface area contributed by atoms with E-state index >= 15 is 0 Å². The summed E-state index contributed by atoms with van der Waals surface area (Å²) >= 11 is 19.1. The van der Waals surface area contributed by atoms with Crippen LogP contribution in [-0.2, 0) is 0 Å². The average Bonchev–Trinajstić information content (AvgIpc) is 3.01. The maximum absolute atomic E-state index is 6.48. The summed E-state index contributed by atoms with van der Waals surface area (Å²) in [7, 11) is 0. The second-order valence-corrected chi connectivity index (χ2v) is 7.02. The minimum Gasteiger partial charge on any atom is -0.376 e. The Morgan fingerprint density at radius 2 is 1.77 bits per heavy atom. The Labute approximate surface area is 144 Å². The molecule has 4 heteroatoms. The largest absolute Gasteiger partial charge is 0.376 e. The number of nitrogens with one attached hydrogen (secondary N) is 1. The predicted molar refractivity (Wildman–Crippen MR) is 94.3 cm³/mol. The second-order valence-electron chi connectivity index (χ2n) is 5.83. The van der Waals surface area contributed by atoms with Gasteiger partial charge in [-0.3, -0.25) is 0 Å². The highest BCUT2D eigenvalue weighted by molar-refractivity contribution is 6.44. The van der Waals surface area contributed by atoms with Crippen molar-refractivity contribution in [3.8, 4) is 0 Å². The zero-order valence-electron chi connectivity index (χ0n) is 11.7. The summed E-state index contributed by atoms with van der Waals surface area (Å²) in [5.74, 6) is 0.687. The Hall–Kier alpha value is -1.15. The molecule has 4 rings (SSSR count). The molecule has 0 saturated carbocycles. The standard InChI is InChI=1S/C18H14Cl3N/c19-13-9-14(20)18-15(16(13)21)11-7-4-8-12(11)17(22-18)10-5-2-1-3-6-10/h1-7,9,11-12,17,22H,8H2. The molecule has 2 aliphatic rings. The van der Waals surface area contributed by atoms with Crippen molar-refractivity contribution in [2.75, 3.05) is 5.32 Å². The smallest absolute Gasteiger partial charge is 0.0656 e. The summed E-state index contributed by atoms with van der Waals surface area (Å²) in [6.07, 6.45) is 5.49. The summed E-state index contributed by atoms with van der Waals surface area (Å²) in [5.41, 5.74) is 3.22. The lowest BCUT2D eigenvalue weighted by Gasteiger charge is -2.38. The number of benzene rings is 2. The summed E-state index contributed by atoms with van der Waals surface area (Å²) in [4.78, 5) is 0. The van der Waals surface area contributed by atoms with Crippen LogP contribution in [0.25, 0.3) is 0 Å². The fourth-order valence-corrected chi connectivity index (χ4v) is 4.46. The molecule has 1 nitrogen and oxygen atoms in total. The molecular formula is C18H14Cl3N. The Balaban J connectivity index is 1.88. The molecule has 3 unspecified atom stereocenters. The van der Waals surface area contributed by atoms with Crippen molar-refractivity contribution in [2.24, 2.45) is 5.92 Å². The number of halogens is 3. The molecule has 2 aromatic rings. The minimum atomic E-state index is 0.225. The van der Waals surface area contributed by atoms with Crippen LogP contribution >= 0.6 is 34.8 Å². The van der Waals surface area contributed by atoms with Crippen LogP contribution in [0.15, 0.2) is 48.6 Å². The van der Waals surface area contributed by atoms with Gasteiger partial charge in [-0.25, -0.2) is 0 Å². The highest BCUT2D eigenvalue weighted by atomic mass is 35.5. The van der Waals surface area contributed by atoms with E-state index in [4.69, 9.17) is 34.8 Å². The molecule has 0 amide bonds. The first-order valence-corrected chi connectivity index (χ1v) is 8.45. The van der Waals surface area contributed by atoms with Crippen LogP contribution in [0.3, 0.4) is 0 Å². The molecular weight excluding hydrogens is 337 g/mol. The van der Waals surface area contributed by atoms with E-state index in [9.17, 15) is 0 Å². The molecule has 1 heterocycles. The van der Waals surface area contributed by atoms with Crippen LogP contribution < -0.4 is 5.32 Å². The Morgan fingerprint density at radius 1 is 1.00 bits per heavy atom. The van der Waals surface area contributed by atoms with Crippen molar-refractivity contribution in [2.45, 2.75) is 18.4 Å². The zero-order chi connectivity index (χ0) is 15.3. The van der Waals surface area contributed by atoms with E-state index in [1.54, 1.807) is 6.07 Å². The van der Waals surface area contributed by atoms with Crippen molar-refractivity contribution in [3.05, 3.63) is 74.7 Å². The van der Waals surface area contributed by atoms with Crippen molar-refractivity contribution < 1.29 is 0 Å². The fourth-order valence-electron chi connectivity index (χ4n) is 3.65. The summed E-state index contributed by atoms with van der Waals surface area (Å²) in [6, 6.07) is 12.4. The van der Waals surface area contributed by atoms with Gasteiger partial charge >= 0.3 is 0 Å². The molecule has 1 N–H and O–H groups in total. The SMILES string of the molecule is Clc1cc(Cl)c2c(c1Cl)C1C=CCC1C(c1ccccc1)N2. The second kappa shape index (κ2) is 5.49. The normalized spacial score (nSPS) is 25.5. The van der Waals surface area contributed by atoms with E-state index in [2.05, 4.69) is 41.7 Å². The van der Waals surface area contributed by atoms with Gasteiger partial charge in [-0.05, 0) is 24.0 Å². The van der Waals surface area contributed by atoms with Gasteiger partial charge < -0.3 is 5.32 Å². The van der Waals surface area contributed by atoms with Crippen molar-refractivity contribution in [1.29, 1.82) is 0 Å². The summed E-state index contributed by atoms with van der Waals surface area (Å²) < 4.78 is 0. The van der Waals surface area contributed by atoms with Crippen molar-refractivity contribution >= 4 is 40.5 Å². The van der Waals surface area contributed by atoms with E-state index in [1.165, 1.54) is 5.56 Å². The van der Waals surface area contributed by atoms with Gasteiger partial charge in [-0.1, -0.05) is 77.3 Å². The number of fused-ring (bicyclic) bond motifs is 3. The van der Waals surface area contributed by atoms with E-state index in [0.717, 1.165) is 17.7 Å². The third-order valence-electron chi connectivity index (χ3n) is 4.64. The first kappa shape index (κ1) is 14.4. The quantitative estimate of drug-likeness (QED) is 0.459. The monoisotopic (exact) mass is 349 g/mol. The average molecular weight is 351 g/mol. The van der Waals surface area contributed by atoms with Crippen LogP contribution in [0, 0.1) is 5.92 Å². The van der Waals surface area contributed by atoms with Crippen LogP contribution in [-0.4, -0.2) is 0 Å². The van der Waals surface area contributed by atoms with Gasteiger partial charge in [-0.2, -0.15) is 0 Å². The first-order valence-electron chi connectivity index (χ1n) is 7.32. The highest BCUT2D eigenvalue weighted by Crippen LogP contribution is 2.54. The number of hydrogen-bond acceptors (Lipinski definition) is 1. The van der Waals surface area contributed by atoms with E-state index in [0.29, 0.717) is 21.0 Å². The Kier molecular flexibility index (Phi) is 3.60. The van der Waals surface area contributed by atoms with E-state index in [1.807, 2.05) is 6.07 Å². The zero-order valence-corrected chi connectivity index (χ0v) is 14.0. The van der Waals surface area contributed by atoms with Crippen LogP contribution in [0.4, 0.5) is 5.69 Å². The summed E-state index contributed by atoms with van der Waals surface area (Å²) in [6.45, 7) is 0. The van der Waals surface area contributed by atoms with Gasteiger partial charge in [-0.15, -0.1) is 0 Å². The molecule has 1 aliphatic heterocycles. The molecule has 2 aromatic carbocycles. The third kappa shape index (κ3) is 2.15. The highest BCUT2D eigenvalue weighted by Gasteiger charge is 2.40. The lowest BCUT2D eigenvalue weighted by molar-refractivity contribution is 0.426. The van der Waals surface area contributed by atoms with Crippen molar-refractivity contribution in [1.82, 2.24) is 0 Å². The van der Waals surface area contributed by atoms with Gasteiger partial charge in [0.15, 0.2) is 0 Å². The number of hydrogen-bond donors (Lipinski definition) is 1. The maximum atomic E-state index is 6.48. The van der Waals surface area contributed by atoms with Crippen molar-refractivity contribution in [3.63, 3.8) is 0 Å². The van der Waals surface area contributed by atoms with Crippen LogP contribution in [0.2, 0.25) is 15.1 Å². The summed E-state index contributed by atoms with van der Waals surface area (Å²) in [5, 5.41) is 5.37. The molecule has 112 valence electrons. The first-order chi connectivity index (χ1) is 10.7. The van der Waals surface area contributed by atoms with Gasteiger partial charge in [0.05, 0.1) is 26.8 Å². The molecule has 3 atom stereocenters. The molecule has 0 saturated heterocycles. The van der Waals surface area contributed by atoms with Gasteiger partial charge in [0, 0.05) is 11.5 Å². The Bertz CT molecular complexity index is 755. The molecule has 0 fully saturated rings. The fraction of sp³-hybridized carbons (Fsp3) is 0.222. The number of rotatable bonds is 1. The Morgan fingerprint density at radius 3 is 2.55 bits per heavy atom. The minimum absolute atomic E-state index is 0.225. The molecule has 0 aromatic heterocycles. The van der Waals surface area contributed by atoms with Crippen LogP contribution in [0.5, 0.6) is 0 Å². The lowest BCUT2D eigenvalue weighted by Crippen LogP contribution is -2.29. The predicted octanol–water partition coefficient (Wildman–Crippen LogP) is 6.47. The lowest BCUT2D eigenvalue weighted by atomic mass is 9.77. The molecule has 0 spiro atoms. The van der Waals surface area contributed by atoms with Gasteiger partial charge in [0.1, 0.15) is 0 Å². The number of allylic oxidation sites excluding steroid dienone is 2. The molecule has 1 aliphatic carbocycles. The van der Waals surface area contributed by atoms with E-state index < -0.39 is 0 Å². The molecule has 0 bridgehead atoms.